The molecule has 1 amide bonds. The van der Waals surface area contributed by atoms with Crippen LogP contribution in [0.3, 0.4) is 0 Å². The summed E-state index contributed by atoms with van der Waals surface area (Å²) in [6, 6.07) is 6.39. The summed E-state index contributed by atoms with van der Waals surface area (Å²) in [6.07, 6.45) is 3.56. The lowest BCUT2D eigenvalue weighted by atomic mass is 10.1. The molecule has 0 radical (unpaired) electrons. The molecule has 1 aliphatic rings. The maximum absolute atomic E-state index is 13.7. The maximum Gasteiger partial charge on any atom is 0.240 e. The van der Waals surface area contributed by atoms with E-state index < -0.39 is 6.04 Å². The number of benzene rings is 1. The van der Waals surface area contributed by atoms with Gasteiger partial charge in [0.15, 0.2) is 0 Å². The minimum atomic E-state index is -0.461. The van der Waals surface area contributed by atoms with Crippen LogP contribution in [0.4, 0.5) is 4.39 Å². The van der Waals surface area contributed by atoms with Crippen molar-refractivity contribution in [1.82, 2.24) is 4.90 Å². The van der Waals surface area contributed by atoms with Crippen molar-refractivity contribution in [3.8, 4) is 0 Å². The molecule has 0 aliphatic heterocycles. The van der Waals surface area contributed by atoms with Gasteiger partial charge in [0.2, 0.25) is 5.91 Å². The molecule has 3 nitrogen and oxygen atoms in total. The Morgan fingerprint density at radius 2 is 2.16 bits per heavy atom. The number of hydrogen-bond donors (Lipinski definition) is 1. The molecule has 1 saturated carbocycles. The molecule has 19 heavy (non-hydrogen) atoms. The first-order chi connectivity index (χ1) is 9.13. The Bertz CT molecular complexity index is 446. The van der Waals surface area contributed by atoms with Crippen LogP contribution in [0.5, 0.6) is 0 Å². The van der Waals surface area contributed by atoms with Gasteiger partial charge in [0.1, 0.15) is 5.82 Å². The zero-order valence-corrected chi connectivity index (χ0v) is 11.3. The molecule has 0 unspecified atom stereocenters. The van der Waals surface area contributed by atoms with Crippen molar-refractivity contribution >= 4 is 5.91 Å². The summed E-state index contributed by atoms with van der Waals surface area (Å²) in [7, 11) is 0. The third kappa shape index (κ3) is 3.53. The molecule has 1 aromatic carbocycles. The van der Waals surface area contributed by atoms with E-state index in [1.807, 2.05) is 6.92 Å². The van der Waals surface area contributed by atoms with Crippen molar-refractivity contribution in [3.05, 3.63) is 35.6 Å². The average Bonchev–Trinajstić information content (AvgIpc) is 3.21. The Labute approximate surface area is 113 Å². The Morgan fingerprint density at radius 1 is 1.47 bits per heavy atom. The zero-order valence-electron chi connectivity index (χ0n) is 11.3. The molecule has 104 valence electrons. The van der Waals surface area contributed by atoms with Crippen molar-refractivity contribution in [1.29, 1.82) is 0 Å². The molecule has 0 bridgehead atoms. The molecule has 0 saturated heterocycles. The van der Waals surface area contributed by atoms with Crippen LogP contribution >= 0.6 is 0 Å². The second-order valence-electron chi connectivity index (χ2n) is 5.18. The van der Waals surface area contributed by atoms with Crippen LogP contribution in [0.1, 0.15) is 38.2 Å². The molecular weight excluding hydrogens is 243 g/mol. The van der Waals surface area contributed by atoms with Gasteiger partial charge in [-0.2, -0.15) is 0 Å². The quantitative estimate of drug-likeness (QED) is 0.857. The molecule has 2 N–H and O–H groups in total. The highest BCUT2D eigenvalue weighted by molar-refractivity contribution is 5.82. The molecule has 1 fully saturated rings. The van der Waals surface area contributed by atoms with Gasteiger partial charge in [-0.25, -0.2) is 4.39 Å². The Balaban J connectivity index is 2.08. The standard InChI is InChI=1S/C15H21FN2O/c1-2-5-14(17)15(19)18(12-8-9-12)10-11-6-3-4-7-13(11)16/h3-4,6-7,12,14H,2,5,8-10,17H2,1H3/t14-/m0/s1. The van der Waals surface area contributed by atoms with E-state index in [1.165, 1.54) is 6.07 Å². The van der Waals surface area contributed by atoms with Crippen LogP contribution in [0.2, 0.25) is 0 Å². The first-order valence-electron chi connectivity index (χ1n) is 6.93. The summed E-state index contributed by atoms with van der Waals surface area (Å²) < 4.78 is 13.7. The third-order valence-electron chi connectivity index (χ3n) is 3.49. The predicted molar refractivity (Wildman–Crippen MR) is 72.9 cm³/mol. The molecule has 0 aromatic heterocycles. The van der Waals surface area contributed by atoms with E-state index in [-0.39, 0.29) is 17.8 Å². The molecule has 1 atom stereocenters. The van der Waals surface area contributed by atoms with E-state index in [9.17, 15) is 9.18 Å². The van der Waals surface area contributed by atoms with Gasteiger partial charge in [-0.15, -0.1) is 0 Å². The predicted octanol–water partition coefficient (Wildman–Crippen LogP) is 2.44. The van der Waals surface area contributed by atoms with Gasteiger partial charge in [-0.3, -0.25) is 4.79 Å². The Morgan fingerprint density at radius 3 is 2.74 bits per heavy atom. The number of nitrogens with zero attached hydrogens (tertiary/aromatic N) is 1. The molecule has 0 heterocycles. The van der Waals surface area contributed by atoms with Crippen LogP contribution in [0.15, 0.2) is 24.3 Å². The first-order valence-corrected chi connectivity index (χ1v) is 6.93. The minimum absolute atomic E-state index is 0.0485. The highest BCUT2D eigenvalue weighted by Crippen LogP contribution is 2.29. The lowest BCUT2D eigenvalue weighted by Crippen LogP contribution is -2.44. The van der Waals surface area contributed by atoms with E-state index >= 15 is 0 Å². The maximum atomic E-state index is 13.7. The number of rotatable bonds is 6. The number of nitrogens with two attached hydrogens (primary N) is 1. The SMILES string of the molecule is CCC[C@H](N)C(=O)N(Cc1ccccc1F)C1CC1. The second-order valence-corrected chi connectivity index (χ2v) is 5.18. The monoisotopic (exact) mass is 264 g/mol. The van der Waals surface area contributed by atoms with E-state index in [0.717, 1.165) is 19.3 Å². The molecule has 1 aromatic rings. The van der Waals surface area contributed by atoms with Gasteiger partial charge in [0, 0.05) is 18.2 Å². The number of carbonyl (C=O) groups excluding carboxylic acids is 1. The van der Waals surface area contributed by atoms with E-state index in [2.05, 4.69) is 0 Å². The fourth-order valence-electron chi connectivity index (χ4n) is 2.23. The topological polar surface area (TPSA) is 46.3 Å². The first kappa shape index (κ1) is 14.0. The summed E-state index contributed by atoms with van der Waals surface area (Å²) in [4.78, 5) is 14.1. The molecule has 4 heteroatoms. The molecular formula is C15H21FN2O. The summed E-state index contributed by atoms with van der Waals surface area (Å²) in [5.41, 5.74) is 6.46. The fourth-order valence-corrected chi connectivity index (χ4v) is 2.23. The van der Waals surface area contributed by atoms with Gasteiger partial charge < -0.3 is 10.6 Å². The van der Waals surface area contributed by atoms with Crippen molar-refractivity contribution in [2.45, 2.75) is 51.2 Å². The van der Waals surface area contributed by atoms with Gasteiger partial charge in [-0.1, -0.05) is 31.5 Å². The van der Waals surface area contributed by atoms with Crippen molar-refractivity contribution in [2.75, 3.05) is 0 Å². The van der Waals surface area contributed by atoms with Gasteiger partial charge in [0.05, 0.1) is 6.04 Å². The van der Waals surface area contributed by atoms with E-state index in [4.69, 9.17) is 5.73 Å². The Kier molecular flexibility index (Phi) is 4.53. The molecule has 1 aliphatic carbocycles. The van der Waals surface area contributed by atoms with Crippen LogP contribution in [0, 0.1) is 5.82 Å². The summed E-state index contributed by atoms with van der Waals surface area (Å²) in [6.45, 7) is 2.33. The largest absolute Gasteiger partial charge is 0.334 e. The number of carbonyl (C=O) groups is 1. The van der Waals surface area contributed by atoms with Gasteiger partial charge in [-0.05, 0) is 25.3 Å². The number of hydrogen-bond acceptors (Lipinski definition) is 2. The van der Waals surface area contributed by atoms with Crippen molar-refractivity contribution < 1.29 is 9.18 Å². The average molecular weight is 264 g/mol. The highest BCUT2D eigenvalue weighted by Gasteiger charge is 2.34. The smallest absolute Gasteiger partial charge is 0.240 e. The third-order valence-corrected chi connectivity index (χ3v) is 3.49. The van der Waals surface area contributed by atoms with Gasteiger partial charge >= 0.3 is 0 Å². The zero-order chi connectivity index (χ0) is 13.8. The lowest BCUT2D eigenvalue weighted by Gasteiger charge is -2.26. The second kappa shape index (κ2) is 6.15. The van der Waals surface area contributed by atoms with Crippen molar-refractivity contribution in [3.63, 3.8) is 0 Å². The van der Waals surface area contributed by atoms with Crippen LogP contribution in [0.25, 0.3) is 0 Å². The fraction of sp³-hybridized carbons (Fsp3) is 0.533. The van der Waals surface area contributed by atoms with Crippen molar-refractivity contribution in [2.24, 2.45) is 5.73 Å². The summed E-state index contributed by atoms with van der Waals surface area (Å²) >= 11 is 0. The minimum Gasteiger partial charge on any atom is -0.334 e. The normalized spacial score (nSPS) is 16.2. The van der Waals surface area contributed by atoms with E-state index in [0.29, 0.717) is 18.5 Å². The Hall–Kier alpha value is -1.42. The van der Waals surface area contributed by atoms with Crippen LogP contribution in [-0.4, -0.2) is 22.9 Å². The van der Waals surface area contributed by atoms with Crippen LogP contribution in [-0.2, 0) is 11.3 Å². The number of amides is 1. The lowest BCUT2D eigenvalue weighted by molar-refractivity contribution is -0.134. The summed E-state index contributed by atoms with van der Waals surface area (Å²) in [5.74, 6) is -0.308. The highest BCUT2D eigenvalue weighted by atomic mass is 19.1. The van der Waals surface area contributed by atoms with E-state index in [1.54, 1.807) is 23.1 Å². The van der Waals surface area contributed by atoms with Gasteiger partial charge in [0.25, 0.3) is 0 Å². The molecule has 2 rings (SSSR count). The van der Waals surface area contributed by atoms with Crippen LogP contribution < -0.4 is 5.73 Å². The number of halogens is 1. The summed E-state index contributed by atoms with van der Waals surface area (Å²) in [5, 5.41) is 0. The molecule has 0 spiro atoms.